The highest BCUT2D eigenvalue weighted by Crippen LogP contribution is 2.24. The highest BCUT2D eigenvalue weighted by molar-refractivity contribution is 6.30. The van der Waals surface area contributed by atoms with Gasteiger partial charge in [0.05, 0.1) is 11.9 Å². The second-order valence-electron chi connectivity index (χ2n) is 5.64. The van der Waals surface area contributed by atoms with Gasteiger partial charge in [0.15, 0.2) is 0 Å². The van der Waals surface area contributed by atoms with Crippen molar-refractivity contribution < 1.29 is 4.79 Å². The number of amides is 1. The lowest BCUT2D eigenvalue weighted by Gasteiger charge is -2.18. The Morgan fingerprint density at radius 1 is 1.14 bits per heavy atom. The molecule has 0 saturated heterocycles. The van der Waals surface area contributed by atoms with E-state index in [0.29, 0.717) is 21.6 Å². The van der Waals surface area contributed by atoms with E-state index in [2.05, 4.69) is 15.3 Å². The summed E-state index contributed by atoms with van der Waals surface area (Å²) in [4.78, 5) is 20.4. The lowest BCUT2D eigenvalue weighted by molar-refractivity contribution is 0.102. The Morgan fingerprint density at radius 2 is 1.86 bits per heavy atom. The van der Waals surface area contributed by atoms with Gasteiger partial charge in [-0.1, -0.05) is 44.0 Å². The first kappa shape index (κ1) is 15.7. The number of nitrogens with one attached hydrogen (secondary N) is 1. The van der Waals surface area contributed by atoms with Crippen LogP contribution in [0.3, 0.4) is 0 Å². The van der Waals surface area contributed by atoms with Crippen molar-refractivity contribution in [2.24, 2.45) is 0 Å². The third-order valence-electron chi connectivity index (χ3n) is 2.81. The molecule has 0 aliphatic carbocycles. The van der Waals surface area contributed by atoms with Crippen molar-refractivity contribution in [3.63, 3.8) is 0 Å². The van der Waals surface area contributed by atoms with Gasteiger partial charge in [0.1, 0.15) is 10.3 Å². The Bertz CT molecular complexity index is 664. The molecular weight excluding hydrogens is 309 g/mol. The van der Waals surface area contributed by atoms with E-state index in [0.717, 1.165) is 5.69 Å². The van der Waals surface area contributed by atoms with E-state index in [9.17, 15) is 4.79 Å². The minimum absolute atomic E-state index is 0.193. The molecule has 2 aromatic rings. The molecule has 0 aliphatic rings. The summed E-state index contributed by atoms with van der Waals surface area (Å²) in [7, 11) is 0. The lowest BCUT2D eigenvalue weighted by Crippen LogP contribution is -2.17. The Labute approximate surface area is 133 Å². The second kappa shape index (κ2) is 6.00. The number of halogens is 2. The molecule has 0 bridgehead atoms. The van der Waals surface area contributed by atoms with Crippen LogP contribution in [0.25, 0.3) is 0 Å². The molecule has 110 valence electrons. The average Bonchev–Trinajstić information content (AvgIpc) is 2.39. The lowest BCUT2D eigenvalue weighted by atomic mass is 9.91. The molecule has 0 unspecified atom stereocenters. The number of nitrogens with zero attached hydrogens (tertiary/aromatic N) is 2. The largest absolute Gasteiger partial charge is 0.321 e. The van der Waals surface area contributed by atoms with Crippen LogP contribution in [0.1, 0.15) is 36.8 Å². The second-order valence-corrected chi connectivity index (χ2v) is 6.41. The van der Waals surface area contributed by atoms with Crippen LogP contribution < -0.4 is 5.32 Å². The fourth-order valence-electron chi connectivity index (χ4n) is 1.67. The molecule has 21 heavy (non-hydrogen) atoms. The molecule has 2 rings (SSSR count). The number of carbonyl (C=O) groups is 1. The van der Waals surface area contributed by atoms with Gasteiger partial charge < -0.3 is 5.32 Å². The molecule has 2 aromatic heterocycles. The van der Waals surface area contributed by atoms with E-state index in [1.807, 2.05) is 20.8 Å². The van der Waals surface area contributed by atoms with E-state index in [1.165, 1.54) is 12.3 Å². The number of pyridine rings is 2. The normalized spacial score (nSPS) is 11.3. The van der Waals surface area contributed by atoms with Crippen molar-refractivity contribution in [3.8, 4) is 0 Å². The van der Waals surface area contributed by atoms with Gasteiger partial charge >= 0.3 is 0 Å². The van der Waals surface area contributed by atoms with E-state index in [4.69, 9.17) is 23.2 Å². The number of hydrogen-bond donors (Lipinski definition) is 1. The zero-order valence-corrected chi connectivity index (χ0v) is 13.5. The van der Waals surface area contributed by atoms with Crippen LogP contribution >= 0.6 is 23.2 Å². The fourth-order valence-corrected chi connectivity index (χ4v) is 1.99. The zero-order valence-electron chi connectivity index (χ0n) is 11.9. The summed E-state index contributed by atoms with van der Waals surface area (Å²) in [5.41, 5.74) is 1.58. The highest BCUT2D eigenvalue weighted by atomic mass is 35.5. The number of carbonyl (C=O) groups excluding carboxylic acids is 1. The SMILES string of the molecule is CC(C)(C)c1cc(C(=O)Nc2ccc(Cl)nc2)cc(Cl)n1. The third kappa shape index (κ3) is 4.16. The van der Waals surface area contributed by atoms with Gasteiger partial charge in [-0.25, -0.2) is 9.97 Å². The molecule has 2 heterocycles. The maximum atomic E-state index is 12.3. The topological polar surface area (TPSA) is 54.9 Å². The quantitative estimate of drug-likeness (QED) is 0.836. The predicted octanol–water partition coefficient (Wildman–Crippen LogP) is 4.33. The molecule has 0 atom stereocenters. The standard InChI is InChI=1S/C15H15Cl2N3O/c1-15(2,3)11-6-9(7-13(17)20-11)14(21)19-10-4-5-12(16)18-8-10/h4-8H,1-3H3,(H,19,21). The zero-order chi connectivity index (χ0) is 15.6. The van der Waals surface area contributed by atoms with Crippen LogP contribution in [0.4, 0.5) is 5.69 Å². The molecule has 0 radical (unpaired) electrons. The van der Waals surface area contributed by atoms with Gasteiger partial charge in [-0.05, 0) is 24.3 Å². The van der Waals surface area contributed by atoms with Gasteiger partial charge in [-0.3, -0.25) is 4.79 Å². The molecule has 1 amide bonds. The molecular formula is C15H15Cl2N3O. The third-order valence-corrected chi connectivity index (χ3v) is 3.23. The van der Waals surface area contributed by atoms with Crippen LogP contribution in [0.5, 0.6) is 0 Å². The van der Waals surface area contributed by atoms with Crippen LogP contribution in [-0.2, 0) is 5.41 Å². The summed E-state index contributed by atoms with van der Waals surface area (Å²) in [5, 5.41) is 3.41. The van der Waals surface area contributed by atoms with E-state index in [-0.39, 0.29) is 11.3 Å². The Morgan fingerprint density at radius 3 is 2.43 bits per heavy atom. The highest BCUT2D eigenvalue weighted by Gasteiger charge is 2.19. The Hall–Kier alpha value is -1.65. The molecule has 0 fully saturated rings. The van der Waals surface area contributed by atoms with Gasteiger partial charge in [0.2, 0.25) is 0 Å². The number of anilines is 1. The van der Waals surface area contributed by atoms with Gasteiger partial charge in [0, 0.05) is 16.7 Å². The first-order valence-electron chi connectivity index (χ1n) is 6.37. The van der Waals surface area contributed by atoms with Crippen molar-refractivity contribution in [1.82, 2.24) is 9.97 Å². The molecule has 6 heteroatoms. The van der Waals surface area contributed by atoms with E-state index in [1.54, 1.807) is 18.2 Å². The summed E-state index contributed by atoms with van der Waals surface area (Å²) in [6.45, 7) is 6.03. The summed E-state index contributed by atoms with van der Waals surface area (Å²) >= 11 is 11.7. The van der Waals surface area contributed by atoms with Crippen molar-refractivity contribution in [3.05, 3.63) is 52.0 Å². The fraction of sp³-hybridized carbons (Fsp3) is 0.267. The maximum absolute atomic E-state index is 12.3. The van der Waals surface area contributed by atoms with E-state index >= 15 is 0 Å². The van der Waals surface area contributed by atoms with Crippen molar-refractivity contribution in [2.45, 2.75) is 26.2 Å². The van der Waals surface area contributed by atoms with Crippen LogP contribution in [0, 0.1) is 0 Å². The van der Waals surface area contributed by atoms with E-state index < -0.39 is 0 Å². The molecule has 1 N–H and O–H groups in total. The van der Waals surface area contributed by atoms with Crippen molar-refractivity contribution in [1.29, 1.82) is 0 Å². The number of hydrogen-bond acceptors (Lipinski definition) is 3. The summed E-state index contributed by atoms with van der Waals surface area (Å²) in [6.07, 6.45) is 1.49. The molecule has 0 aromatic carbocycles. The first-order chi connectivity index (χ1) is 9.75. The minimum atomic E-state index is -0.270. The van der Waals surface area contributed by atoms with Crippen LogP contribution in [-0.4, -0.2) is 15.9 Å². The smallest absolute Gasteiger partial charge is 0.255 e. The van der Waals surface area contributed by atoms with Crippen LogP contribution in [0.2, 0.25) is 10.3 Å². The first-order valence-corrected chi connectivity index (χ1v) is 7.12. The summed E-state index contributed by atoms with van der Waals surface area (Å²) < 4.78 is 0. The number of aromatic nitrogens is 2. The van der Waals surface area contributed by atoms with Gasteiger partial charge in [0.25, 0.3) is 5.91 Å². The average molecular weight is 324 g/mol. The molecule has 0 aliphatic heterocycles. The Kier molecular flexibility index (Phi) is 4.49. The maximum Gasteiger partial charge on any atom is 0.255 e. The monoisotopic (exact) mass is 323 g/mol. The van der Waals surface area contributed by atoms with Crippen molar-refractivity contribution >= 4 is 34.8 Å². The molecule has 4 nitrogen and oxygen atoms in total. The predicted molar refractivity (Wildman–Crippen MR) is 85.1 cm³/mol. The van der Waals surface area contributed by atoms with Gasteiger partial charge in [-0.2, -0.15) is 0 Å². The Balaban J connectivity index is 2.27. The van der Waals surface area contributed by atoms with Gasteiger partial charge in [-0.15, -0.1) is 0 Å². The summed E-state index contributed by atoms with van der Waals surface area (Å²) in [5.74, 6) is -0.270. The number of rotatable bonds is 2. The molecule has 0 spiro atoms. The molecule has 0 saturated carbocycles. The van der Waals surface area contributed by atoms with Crippen LogP contribution in [0.15, 0.2) is 30.5 Å². The van der Waals surface area contributed by atoms with Crippen molar-refractivity contribution in [2.75, 3.05) is 5.32 Å². The summed E-state index contributed by atoms with van der Waals surface area (Å²) in [6, 6.07) is 6.57. The minimum Gasteiger partial charge on any atom is -0.321 e.